The zero-order valence-corrected chi connectivity index (χ0v) is 14.4. The van der Waals surface area contributed by atoms with Gasteiger partial charge in [-0.2, -0.15) is 0 Å². The minimum Gasteiger partial charge on any atom is -0.365 e. The van der Waals surface area contributed by atoms with Crippen LogP contribution in [-0.4, -0.2) is 20.9 Å². The zero-order chi connectivity index (χ0) is 17.6. The van der Waals surface area contributed by atoms with E-state index in [-0.39, 0.29) is 5.69 Å². The Morgan fingerprint density at radius 3 is 2.64 bits per heavy atom. The second-order valence-electron chi connectivity index (χ2n) is 5.08. The van der Waals surface area contributed by atoms with Crippen molar-refractivity contribution in [2.24, 2.45) is 0 Å². The van der Waals surface area contributed by atoms with Gasteiger partial charge in [-0.3, -0.25) is 9.78 Å². The number of hydrogen-bond acceptors (Lipinski definition) is 5. The van der Waals surface area contributed by atoms with Gasteiger partial charge in [0.1, 0.15) is 11.5 Å². The van der Waals surface area contributed by atoms with Gasteiger partial charge in [0.05, 0.1) is 23.1 Å². The van der Waals surface area contributed by atoms with Gasteiger partial charge in [0, 0.05) is 24.0 Å². The second-order valence-corrected chi connectivity index (χ2v) is 5.92. The molecule has 0 unspecified atom stereocenters. The van der Waals surface area contributed by atoms with Gasteiger partial charge < -0.3 is 10.6 Å². The SMILES string of the molecule is O=C(Nc1ccc(Cl)cc1Cl)c1cnc(NCc2cccnc2)cn1. The van der Waals surface area contributed by atoms with Crippen LogP contribution in [0.1, 0.15) is 16.1 Å². The number of aromatic nitrogens is 3. The highest BCUT2D eigenvalue weighted by Gasteiger charge is 2.11. The standard InChI is InChI=1S/C17H13Cl2N5O/c18-12-3-4-14(13(19)6-12)24-17(25)15-9-23-16(10-21-15)22-8-11-2-1-5-20-7-11/h1-7,9-10H,8H2,(H,22,23)(H,24,25). The average molecular weight is 374 g/mol. The summed E-state index contributed by atoms with van der Waals surface area (Å²) < 4.78 is 0. The Balaban J connectivity index is 1.62. The molecule has 0 radical (unpaired) electrons. The summed E-state index contributed by atoms with van der Waals surface area (Å²) in [5.41, 5.74) is 1.65. The maximum atomic E-state index is 12.2. The highest BCUT2D eigenvalue weighted by atomic mass is 35.5. The van der Waals surface area contributed by atoms with Crippen molar-refractivity contribution in [3.63, 3.8) is 0 Å². The summed E-state index contributed by atoms with van der Waals surface area (Å²) in [6, 6.07) is 8.62. The van der Waals surface area contributed by atoms with Gasteiger partial charge >= 0.3 is 0 Å². The minimum atomic E-state index is -0.407. The number of carbonyl (C=O) groups excluding carboxylic acids is 1. The molecule has 6 nitrogen and oxygen atoms in total. The van der Waals surface area contributed by atoms with E-state index in [1.807, 2.05) is 12.1 Å². The Bertz CT molecular complexity index is 872. The first kappa shape index (κ1) is 17.1. The average Bonchev–Trinajstić information content (AvgIpc) is 2.63. The molecule has 0 spiro atoms. The Kier molecular flexibility index (Phi) is 5.42. The monoisotopic (exact) mass is 373 g/mol. The minimum absolute atomic E-state index is 0.179. The lowest BCUT2D eigenvalue weighted by Gasteiger charge is -2.08. The highest BCUT2D eigenvalue weighted by molar-refractivity contribution is 6.36. The van der Waals surface area contributed by atoms with Gasteiger partial charge in [-0.1, -0.05) is 29.3 Å². The summed E-state index contributed by atoms with van der Waals surface area (Å²) in [5, 5.41) is 6.62. The van der Waals surface area contributed by atoms with Crippen LogP contribution >= 0.6 is 23.2 Å². The fourth-order valence-electron chi connectivity index (χ4n) is 2.01. The second kappa shape index (κ2) is 7.92. The predicted octanol–water partition coefficient (Wildman–Crippen LogP) is 4.04. The van der Waals surface area contributed by atoms with E-state index in [1.165, 1.54) is 12.4 Å². The number of rotatable bonds is 5. The van der Waals surface area contributed by atoms with E-state index in [0.29, 0.717) is 28.1 Å². The van der Waals surface area contributed by atoms with Crippen molar-refractivity contribution in [2.45, 2.75) is 6.54 Å². The van der Waals surface area contributed by atoms with E-state index in [0.717, 1.165) is 5.56 Å². The van der Waals surface area contributed by atoms with Crippen LogP contribution in [0.4, 0.5) is 11.5 Å². The lowest BCUT2D eigenvalue weighted by Crippen LogP contribution is -2.14. The maximum Gasteiger partial charge on any atom is 0.275 e. The molecule has 0 saturated carbocycles. The van der Waals surface area contributed by atoms with Crippen molar-refractivity contribution in [3.8, 4) is 0 Å². The summed E-state index contributed by atoms with van der Waals surface area (Å²) >= 11 is 11.9. The van der Waals surface area contributed by atoms with E-state index < -0.39 is 5.91 Å². The predicted molar refractivity (Wildman–Crippen MR) is 98.0 cm³/mol. The third kappa shape index (κ3) is 4.65. The molecule has 126 valence electrons. The fourth-order valence-corrected chi connectivity index (χ4v) is 2.46. The molecule has 0 aliphatic heterocycles. The normalized spacial score (nSPS) is 10.3. The molecule has 0 fully saturated rings. The number of nitrogens with zero attached hydrogens (tertiary/aromatic N) is 3. The van der Waals surface area contributed by atoms with Gasteiger partial charge in [-0.05, 0) is 29.8 Å². The van der Waals surface area contributed by atoms with Crippen LogP contribution in [0.2, 0.25) is 10.0 Å². The van der Waals surface area contributed by atoms with Crippen LogP contribution in [0.15, 0.2) is 55.1 Å². The van der Waals surface area contributed by atoms with E-state index in [9.17, 15) is 4.79 Å². The van der Waals surface area contributed by atoms with Crippen LogP contribution < -0.4 is 10.6 Å². The molecule has 2 N–H and O–H groups in total. The number of pyridine rings is 1. The maximum absolute atomic E-state index is 12.2. The zero-order valence-electron chi connectivity index (χ0n) is 12.9. The van der Waals surface area contributed by atoms with Crippen molar-refractivity contribution in [1.82, 2.24) is 15.0 Å². The van der Waals surface area contributed by atoms with Crippen molar-refractivity contribution in [1.29, 1.82) is 0 Å². The Morgan fingerprint density at radius 2 is 1.96 bits per heavy atom. The van der Waals surface area contributed by atoms with Gasteiger partial charge in [-0.15, -0.1) is 0 Å². The molecule has 0 bridgehead atoms. The topological polar surface area (TPSA) is 79.8 Å². The Labute approximate surface area is 154 Å². The highest BCUT2D eigenvalue weighted by Crippen LogP contribution is 2.25. The molecule has 3 rings (SSSR count). The molecular weight excluding hydrogens is 361 g/mol. The summed E-state index contributed by atoms with van der Waals surface area (Å²) in [5.74, 6) is 0.153. The molecule has 0 aliphatic carbocycles. The molecule has 1 aromatic carbocycles. The molecule has 3 aromatic rings. The largest absolute Gasteiger partial charge is 0.365 e. The van der Waals surface area contributed by atoms with Crippen molar-refractivity contribution in [3.05, 3.63) is 76.4 Å². The molecule has 1 amide bonds. The summed E-state index contributed by atoms with van der Waals surface area (Å²) in [6.07, 6.45) is 6.36. The molecular formula is C17H13Cl2N5O. The lowest BCUT2D eigenvalue weighted by molar-refractivity contribution is 0.102. The molecule has 0 atom stereocenters. The number of halogens is 2. The molecule has 8 heteroatoms. The van der Waals surface area contributed by atoms with Crippen LogP contribution in [-0.2, 0) is 6.54 Å². The molecule has 0 aliphatic rings. The third-order valence-electron chi connectivity index (χ3n) is 3.26. The van der Waals surface area contributed by atoms with Crippen molar-refractivity contribution in [2.75, 3.05) is 10.6 Å². The number of carbonyl (C=O) groups is 1. The molecule has 2 heterocycles. The summed E-state index contributed by atoms with van der Waals surface area (Å²) in [7, 11) is 0. The van der Waals surface area contributed by atoms with Crippen molar-refractivity contribution >= 4 is 40.6 Å². The first-order valence-corrected chi connectivity index (χ1v) is 8.08. The Hall–Kier alpha value is -2.70. The molecule has 25 heavy (non-hydrogen) atoms. The quantitative estimate of drug-likeness (QED) is 0.705. The van der Waals surface area contributed by atoms with E-state index >= 15 is 0 Å². The number of nitrogens with one attached hydrogen (secondary N) is 2. The molecule has 0 saturated heterocycles. The van der Waals surface area contributed by atoms with Crippen LogP contribution in [0.3, 0.4) is 0 Å². The van der Waals surface area contributed by atoms with Crippen LogP contribution in [0, 0.1) is 0 Å². The summed E-state index contributed by atoms with van der Waals surface area (Å²) in [6.45, 7) is 0.564. The third-order valence-corrected chi connectivity index (χ3v) is 3.81. The number of anilines is 2. The van der Waals surface area contributed by atoms with Gasteiger partial charge in [0.15, 0.2) is 0 Å². The number of hydrogen-bond donors (Lipinski definition) is 2. The summed E-state index contributed by atoms with van der Waals surface area (Å²) in [4.78, 5) is 24.5. The van der Waals surface area contributed by atoms with Gasteiger partial charge in [-0.25, -0.2) is 9.97 Å². The van der Waals surface area contributed by atoms with Crippen molar-refractivity contribution < 1.29 is 4.79 Å². The number of benzene rings is 1. The van der Waals surface area contributed by atoms with Crippen LogP contribution in [0.5, 0.6) is 0 Å². The van der Waals surface area contributed by atoms with Gasteiger partial charge in [0.2, 0.25) is 0 Å². The van der Waals surface area contributed by atoms with Crippen LogP contribution in [0.25, 0.3) is 0 Å². The van der Waals surface area contributed by atoms with E-state index in [2.05, 4.69) is 25.6 Å². The smallest absolute Gasteiger partial charge is 0.275 e. The van der Waals surface area contributed by atoms with E-state index in [1.54, 1.807) is 30.6 Å². The van der Waals surface area contributed by atoms with E-state index in [4.69, 9.17) is 23.2 Å². The Morgan fingerprint density at radius 1 is 1.08 bits per heavy atom. The van der Waals surface area contributed by atoms with Gasteiger partial charge in [0.25, 0.3) is 5.91 Å². The fraction of sp³-hybridized carbons (Fsp3) is 0.0588. The lowest BCUT2D eigenvalue weighted by atomic mass is 10.3. The molecule has 2 aromatic heterocycles. The first-order chi connectivity index (χ1) is 12.1. The first-order valence-electron chi connectivity index (χ1n) is 7.33. The number of amides is 1.